The predicted octanol–water partition coefficient (Wildman–Crippen LogP) is 4.70. The van der Waals surface area contributed by atoms with Gasteiger partial charge in [0, 0.05) is 19.0 Å². The lowest BCUT2D eigenvalue weighted by Gasteiger charge is -2.26. The van der Waals surface area contributed by atoms with E-state index in [4.69, 9.17) is 9.57 Å². The Labute approximate surface area is 186 Å². The van der Waals surface area contributed by atoms with E-state index < -0.39 is 12.0 Å². The Balaban J connectivity index is 1.56. The fraction of sp³-hybridized carbons (Fsp3) is 0.231. The van der Waals surface area contributed by atoms with Crippen LogP contribution in [0.15, 0.2) is 72.8 Å². The molecule has 0 saturated carbocycles. The molecule has 0 spiro atoms. The van der Waals surface area contributed by atoms with Gasteiger partial charge in [0.1, 0.15) is 11.9 Å². The number of Topliss-reactive ketones (excluding diaryl/α,β-unsaturated/α-hetero) is 1. The quantitative estimate of drug-likeness (QED) is 0.638. The summed E-state index contributed by atoms with van der Waals surface area (Å²) in [6, 6.07) is 23.1. The van der Waals surface area contributed by atoms with Crippen molar-refractivity contribution in [1.29, 1.82) is 0 Å². The molecular weight excluding hydrogens is 404 g/mol. The van der Waals surface area contributed by atoms with Crippen molar-refractivity contribution in [2.24, 2.45) is 5.92 Å². The third-order valence-corrected chi connectivity index (χ3v) is 6.13. The summed E-state index contributed by atoms with van der Waals surface area (Å²) >= 11 is 0. The van der Waals surface area contributed by atoms with Crippen molar-refractivity contribution in [3.8, 4) is 5.75 Å². The maximum absolute atomic E-state index is 13.7. The number of rotatable bonds is 5. The lowest BCUT2D eigenvalue weighted by molar-refractivity contribution is -0.172. The van der Waals surface area contributed by atoms with E-state index in [2.05, 4.69) is 5.32 Å². The van der Waals surface area contributed by atoms with Crippen molar-refractivity contribution in [1.82, 2.24) is 5.06 Å². The van der Waals surface area contributed by atoms with Crippen molar-refractivity contribution in [3.05, 3.63) is 95.1 Å². The zero-order valence-electron chi connectivity index (χ0n) is 17.9. The molecular formula is C26H24N2O4. The first-order chi connectivity index (χ1) is 15.6. The van der Waals surface area contributed by atoms with E-state index in [1.807, 2.05) is 71.8 Å². The smallest absolute Gasteiger partial charge is 0.221 e. The van der Waals surface area contributed by atoms with Crippen LogP contribution in [0.25, 0.3) is 0 Å². The average molecular weight is 428 g/mol. The van der Waals surface area contributed by atoms with Crippen LogP contribution in [-0.4, -0.2) is 23.9 Å². The fourth-order valence-electron chi connectivity index (χ4n) is 4.77. The van der Waals surface area contributed by atoms with Crippen LogP contribution in [0.2, 0.25) is 0 Å². The van der Waals surface area contributed by atoms with Gasteiger partial charge in [0.25, 0.3) is 0 Å². The molecule has 0 radical (unpaired) electrons. The number of anilines is 1. The first kappa shape index (κ1) is 20.4. The molecule has 0 unspecified atom stereocenters. The van der Waals surface area contributed by atoms with Crippen molar-refractivity contribution < 1.29 is 19.2 Å². The van der Waals surface area contributed by atoms with Gasteiger partial charge in [-0.15, -0.1) is 0 Å². The molecule has 1 fully saturated rings. The molecule has 1 aliphatic heterocycles. The van der Waals surface area contributed by atoms with E-state index in [1.165, 1.54) is 6.92 Å². The molecule has 3 atom stereocenters. The largest absolute Gasteiger partial charge is 0.497 e. The topological polar surface area (TPSA) is 67.9 Å². The molecule has 0 aromatic heterocycles. The molecule has 1 saturated heterocycles. The molecule has 2 aliphatic rings. The van der Waals surface area contributed by atoms with E-state index in [0.717, 1.165) is 22.4 Å². The fourth-order valence-corrected chi connectivity index (χ4v) is 4.77. The normalized spacial score (nSPS) is 21.8. The SMILES string of the molecule is COc1ccc([C@H]2[C@H]3C(=O)c4c(NC(C)=O)cccc4[C@H]3ON2Cc2ccccc2)cc1. The molecule has 5 rings (SSSR count). The van der Waals surface area contributed by atoms with Crippen LogP contribution in [-0.2, 0) is 16.2 Å². The minimum atomic E-state index is -0.406. The third-order valence-electron chi connectivity index (χ3n) is 6.13. The summed E-state index contributed by atoms with van der Waals surface area (Å²) in [5.41, 5.74) is 4.00. The Morgan fingerprint density at radius 1 is 1.03 bits per heavy atom. The van der Waals surface area contributed by atoms with Gasteiger partial charge in [-0.1, -0.05) is 54.6 Å². The minimum Gasteiger partial charge on any atom is -0.497 e. The van der Waals surface area contributed by atoms with Crippen LogP contribution < -0.4 is 10.1 Å². The molecule has 6 heteroatoms. The van der Waals surface area contributed by atoms with E-state index in [-0.39, 0.29) is 17.7 Å². The molecule has 1 heterocycles. The van der Waals surface area contributed by atoms with E-state index in [9.17, 15) is 9.59 Å². The summed E-state index contributed by atoms with van der Waals surface area (Å²) in [5.74, 6) is 0.136. The number of hydroxylamine groups is 2. The first-order valence-corrected chi connectivity index (χ1v) is 10.6. The van der Waals surface area contributed by atoms with Gasteiger partial charge in [-0.3, -0.25) is 14.4 Å². The summed E-state index contributed by atoms with van der Waals surface area (Å²) < 4.78 is 5.31. The second kappa shape index (κ2) is 8.22. The minimum absolute atomic E-state index is 0.00858. The zero-order valence-corrected chi connectivity index (χ0v) is 17.9. The molecule has 3 aromatic carbocycles. The Morgan fingerprint density at radius 3 is 2.47 bits per heavy atom. The zero-order chi connectivity index (χ0) is 22.2. The molecule has 1 aliphatic carbocycles. The monoisotopic (exact) mass is 428 g/mol. The van der Waals surface area contributed by atoms with Gasteiger partial charge in [0.2, 0.25) is 5.91 Å². The van der Waals surface area contributed by atoms with Crippen LogP contribution in [0.1, 0.15) is 46.1 Å². The van der Waals surface area contributed by atoms with Crippen molar-refractivity contribution in [3.63, 3.8) is 0 Å². The number of carbonyl (C=O) groups excluding carboxylic acids is 2. The highest BCUT2D eigenvalue weighted by Gasteiger charge is 2.54. The molecule has 3 aromatic rings. The van der Waals surface area contributed by atoms with Crippen LogP contribution in [0.3, 0.4) is 0 Å². The second-order valence-corrected chi connectivity index (χ2v) is 8.15. The number of fused-ring (bicyclic) bond motifs is 3. The number of benzene rings is 3. The lowest BCUT2D eigenvalue weighted by atomic mass is 9.89. The van der Waals surface area contributed by atoms with Gasteiger partial charge in [0.15, 0.2) is 5.78 Å². The molecule has 1 amide bonds. The van der Waals surface area contributed by atoms with Crippen molar-refractivity contribution in [2.75, 3.05) is 12.4 Å². The van der Waals surface area contributed by atoms with Crippen molar-refractivity contribution in [2.45, 2.75) is 25.6 Å². The number of amides is 1. The number of ether oxygens (including phenoxy) is 1. The summed E-state index contributed by atoms with van der Waals surface area (Å²) in [4.78, 5) is 31.8. The molecule has 6 nitrogen and oxygen atoms in total. The van der Waals surface area contributed by atoms with Crippen LogP contribution in [0.5, 0.6) is 5.75 Å². The van der Waals surface area contributed by atoms with Crippen molar-refractivity contribution >= 4 is 17.4 Å². The number of nitrogens with zero attached hydrogens (tertiary/aromatic N) is 1. The van der Waals surface area contributed by atoms with E-state index in [0.29, 0.717) is 17.8 Å². The highest BCUT2D eigenvalue weighted by molar-refractivity contribution is 6.10. The van der Waals surface area contributed by atoms with Gasteiger partial charge in [-0.2, -0.15) is 5.06 Å². The first-order valence-electron chi connectivity index (χ1n) is 10.6. The maximum atomic E-state index is 13.7. The second-order valence-electron chi connectivity index (χ2n) is 8.15. The van der Waals surface area contributed by atoms with Crippen LogP contribution in [0, 0.1) is 5.92 Å². The van der Waals surface area contributed by atoms with E-state index in [1.54, 1.807) is 13.2 Å². The maximum Gasteiger partial charge on any atom is 0.221 e. The highest BCUT2D eigenvalue weighted by atomic mass is 16.7. The Hall–Kier alpha value is -3.48. The summed E-state index contributed by atoms with van der Waals surface area (Å²) in [7, 11) is 1.63. The van der Waals surface area contributed by atoms with Gasteiger partial charge in [-0.05, 0) is 34.9 Å². The van der Waals surface area contributed by atoms with Crippen LogP contribution in [0.4, 0.5) is 5.69 Å². The summed E-state index contributed by atoms with van der Waals surface area (Å²) in [6.45, 7) is 2.00. The summed E-state index contributed by atoms with van der Waals surface area (Å²) in [6.07, 6.45) is -0.401. The van der Waals surface area contributed by atoms with Gasteiger partial charge in [-0.25, -0.2) is 0 Å². The molecule has 1 N–H and O–H groups in total. The van der Waals surface area contributed by atoms with Gasteiger partial charge >= 0.3 is 0 Å². The Kier molecular flexibility index (Phi) is 5.25. The number of carbonyl (C=O) groups is 2. The highest BCUT2D eigenvalue weighted by Crippen LogP contribution is 2.54. The molecule has 32 heavy (non-hydrogen) atoms. The summed E-state index contributed by atoms with van der Waals surface area (Å²) in [5, 5.41) is 4.72. The Morgan fingerprint density at radius 2 is 1.78 bits per heavy atom. The standard InChI is InChI=1S/C26H24N2O4/c1-16(29)27-21-10-6-9-20-22(21)25(30)23-24(18-11-13-19(31-2)14-12-18)28(32-26(20)23)15-17-7-4-3-5-8-17/h3-14,23-24,26H,15H2,1-2H3,(H,27,29)/t23-,24-,26+/m0/s1. The van der Waals surface area contributed by atoms with Crippen LogP contribution >= 0.6 is 0 Å². The number of ketones is 1. The Bertz CT molecular complexity index is 1160. The lowest BCUT2D eigenvalue weighted by Crippen LogP contribution is -2.27. The number of nitrogens with one attached hydrogen (secondary N) is 1. The molecule has 162 valence electrons. The number of hydrogen-bond donors (Lipinski definition) is 1. The number of methoxy groups -OCH3 is 1. The molecule has 0 bridgehead atoms. The third kappa shape index (κ3) is 3.47. The van der Waals surface area contributed by atoms with Gasteiger partial charge < -0.3 is 10.1 Å². The van der Waals surface area contributed by atoms with Gasteiger partial charge in [0.05, 0.1) is 24.8 Å². The van der Waals surface area contributed by atoms with E-state index >= 15 is 0 Å². The average Bonchev–Trinajstić information content (AvgIpc) is 3.30. The number of hydrogen-bond acceptors (Lipinski definition) is 5. The predicted molar refractivity (Wildman–Crippen MR) is 120 cm³/mol.